The second kappa shape index (κ2) is 12.4. The first-order valence-corrected chi connectivity index (χ1v) is 14.1. The summed E-state index contributed by atoms with van der Waals surface area (Å²) in [7, 11) is -1.67. The van der Waals surface area contributed by atoms with Crippen molar-refractivity contribution in [3.63, 3.8) is 0 Å². The van der Waals surface area contributed by atoms with Crippen LogP contribution in [0.25, 0.3) is 0 Å². The molecule has 1 atom stereocenters. The van der Waals surface area contributed by atoms with Crippen molar-refractivity contribution in [1.29, 1.82) is 0 Å². The van der Waals surface area contributed by atoms with Crippen LogP contribution in [0.5, 0.6) is 0 Å². The summed E-state index contributed by atoms with van der Waals surface area (Å²) in [6.07, 6.45) is 3.76. The largest absolute Gasteiger partial charge is 0.352 e. The summed E-state index contributed by atoms with van der Waals surface area (Å²) < 4.78 is 42.5. The molecule has 0 spiro atoms. The zero-order chi connectivity index (χ0) is 27.3. The predicted molar refractivity (Wildman–Crippen MR) is 143 cm³/mol. The van der Waals surface area contributed by atoms with Crippen LogP contribution in [0.4, 0.5) is 10.1 Å². The summed E-state index contributed by atoms with van der Waals surface area (Å²) in [6, 6.07) is 9.21. The van der Waals surface area contributed by atoms with Gasteiger partial charge in [0.25, 0.3) is 0 Å². The number of hydrogen-bond acceptors (Lipinski definition) is 4. The minimum Gasteiger partial charge on any atom is -0.352 e. The maximum atomic E-state index is 14.7. The molecular weight excluding hydrogens is 542 g/mol. The van der Waals surface area contributed by atoms with Crippen LogP contribution in [0, 0.1) is 5.82 Å². The first-order valence-electron chi connectivity index (χ1n) is 11.9. The molecule has 8 nitrogen and oxygen atoms in total. The van der Waals surface area contributed by atoms with Gasteiger partial charge in [0.1, 0.15) is 18.4 Å². The Morgan fingerprint density at radius 3 is 2.32 bits per heavy atom. The highest BCUT2D eigenvalue weighted by Crippen LogP contribution is 2.26. The Kier molecular flexibility index (Phi) is 9.80. The highest BCUT2D eigenvalue weighted by molar-refractivity contribution is 7.90. The molecule has 1 N–H and O–H groups in total. The second-order valence-electron chi connectivity index (χ2n) is 9.18. The Morgan fingerprint density at radius 2 is 1.73 bits per heavy atom. The molecule has 2 aromatic carbocycles. The van der Waals surface area contributed by atoms with Crippen LogP contribution in [0.15, 0.2) is 42.5 Å². The van der Waals surface area contributed by atoms with Gasteiger partial charge in [-0.15, -0.1) is 0 Å². The van der Waals surface area contributed by atoms with Crippen molar-refractivity contribution in [2.24, 2.45) is 0 Å². The van der Waals surface area contributed by atoms with Gasteiger partial charge in [0, 0.05) is 26.7 Å². The third-order valence-corrected chi connectivity index (χ3v) is 8.89. The lowest BCUT2D eigenvalue weighted by molar-refractivity contribution is -0.139. The van der Waals surface area contributed by atoms with Crippen molar-refractivity contribution >= 4 is 50.9 Å². The lowest BCUT2D eigenvalue weighted by Gasteiger charge is -2.33. The van der Waals surface area contributed by atoms with Crippen molar-refractivity contribution < 1.29 is 22.4 Å². The molecule has 2 aromatic rings. The summed E-state index contributed by atoms with van der Waals surface area (Å²) in [6.45, 7) is 0.819. The van der Waals surface area contributed by atoms with E-state index in [2.05, 4.69) is 5.32 Å². The number of rotatable bonds is 10. The lowest BCUT2D eigenvalue weighted by atomic mass is 10.1. The predicted octanol–water partition coefficient (Wildman–Crippen LogP) is 4.22. The van der Waals surface area contributed by atoms with E-state index in [1.165, 1.54) is 37.2 Å². The molecule has 0 bridgehead atoms. The Bertz CT molecular complexity index is 1240. The minimum absolute atomic E-state index is 0.0286. The summed E-state index contributed by atoms with van der Waals surface area (Å²) in [5.74, 6) is -1.84. The Hall–Kier alpha value is -2.40. The Balaban J connectivity index is 1.95. The van der Waals surface area contributed by atoms with Gasteiger partial charge in [-0.3, -0.25) is 9.59 Å². The topological polar surface area (TPSA) is 90.0 Å². The van der Waals surface area contributed by atoms with E-state index in [9.17, 15) is 22.4 Å². The number of nitrogens with zero attached hydrogens (tertiary/aromatic N) is 3. The van der Waals surface area contributed by atoms with E-state index in [0.717, 1.165) is 36.1 Å². The average molecular weight is 574 g/mol. The van der Waals surface area contributed by atoms with Gasteiger partial charge in [-0.1, -0.05) is 54.2 Å². The standard InChI is InChI=1S/C25H31Cl2FN4O4S/c1-17(25(34)29-19-8-4-5-9-19)31(15-18-12-13-20(26)21(27)14-18)24(33)16-32(37(35,36)30(2)3)23-11-7-6-10-22(23)28/h6-7,10-14,17,19H,4-5,8-9,15-16H2,1-3H3,(H,29,34). The zero-order valence-corrected chi connectivity index (χ0v) is 23.3. The summed E-state index contributed by atoms with van der Waals surface area (Å²) in [5, 5.41) is 3.59. The van der Waals surface area contributed by atoms with Crippen molar-refractivity contribution in [2.45, 2.75) is 51.2 Å². The first-order chi connectivity index (χ1) is 17.4. The van der Waals surface area contributed by atoms with Crippen molar-refractivity contribution in [3.8, 4) is 0 Å². The normalized spacial score (nSPS) is 15.0. The van der Waals surface area contributed by atoms with Crippen molar-refractivity contribution in [3.05, 3.63) is 63.9 Å². The van der Waals surface area contributed by atoms with Crippen molar-refractivity contribution in [2.75, 3.05) is 24.9 Å². The molecule has 1 unspecified atom stereocenters. The van der Waals surface area contributed by atoms with Crippen LogP contribution in [-0.4, -0.2) is 62.2 Å². The van der Waals surface area contributed by atoms with Gasteiger partial charge in [0.15, 0.2) is 0 Å². The van der Waals surface area contributed by atoms with Gasteiger partial charge >= 0.3 is 10.2 Å². The van der Waals surface area contributed by atoms with Gasteiger partial charge in [-0.25, -0.2) is 8.70 Å². The molecule has 1 aliphatic rings. The van der Waals surface area contributed by atoms with Crippen LogP contribution in [-0.2, 0) is 26.3 Å². The third-order valence-electron chi connectivity index (χ3n) is 6.35. The average Bonchev–Trinajstić information content (AvgIpc) is 3.36. The van der Waals surface area contributed by atoms with Gasteiger partial charge in [-0.05, 0) is 49.6 Å². The molecule has 0 heterocycles. The molecule has 3 rings (SSSR count). The van der Waals surface area contributed by atoms with Crippen LogP contribution >= 0.6 is 23.2 Å². The highest BCUT2D eigenvalue weighted by Gasteiger charge is 2.34. The SMILES string of the molecule is CC(C(=O)NC1CCCC1)N(Cc1ccc(Cl)c(Cl)c1)C(=O)CN(c1ccccc1F)S(=O)(=O)N(C)C. The monoisotopic (exact) mass is 572 g/mol. The fourth-order valence-electron chi connectivity index (χ4n) is 4.17. The van der Waals surface area contributed by atoms with Crippen LogP contribution in [0.3, 0.4) is 0 Å². The molecule has 37 heavy (non-hydrogen) atoms. The van der Waals surface area contributed by atoms with E-state index >= 15 is 0 Å². The molecule has 2 amide bonds. The molecule has 0 radical (unpaired) electrons. The molecule has 202 valence electrons. The third kappa shape index (κ3) is 7.13. The van der Waals surface area contributed by atoms with Gasteiger partial charge in [-0.2, -0.15) is 12.7 Å². The van der Waals surface area contributed by atoms with Gasteiger partial charge in [0.05, 0.1) is 15.7 Å². The fourth-order valence-corrected chi connectivity index (χ4v) is 5.55. The van der Waals surface area contributed by atoms with E-state index in [-0.39, 0.29) is 29.2 Å². The summed E-state index contributed by atoms with van der Waals surface area (Å²) in [5.41, 5.74) is 0.318. The first kappa shape index (κ1) is 29.2. The maximum absolute atomic E-state index is 14.7. The Morgan fingerprint density at radius 1 is 1.08 bits per heavy atom. The number of anilines is 1. The number of carbonyl (C=O) groups is 2. The molecule has 1 saturated carbocycles. The van der Waals surface area contributed by atoms with Crippen LogP contribution in [0.1, 0.15) is 38.2 Å². The van der Waals surface area contributed by atoms with Gasteiger partial charge < -0.3 is 10.2 Å². The Labute approximate surface area is 227 Å². The number of nitrogens with one attached hydrogen (secondary N) is 1. The van der Waals surface area contributed by atoms with Crippen LogP contribution in [0.2, 0.25) is 10.0 Å². The van der Waals surface area contributed by atoms with Crippen molar-refractivity contribution in [1.82, 2.24) is 14.5 Å². The molecule has 0 saturated heterocycles. The van der Waals surface area contributed by atoms with E-state index in [4.69, 9.17) is 23.2 Å². The molecule has 0 aromatic heterocycles. The smallest absolute Gasteiger partial charge is 0.304 e. The zero-order valence-electron chi connectivity index (χ0n) is 21.0. The highest BCUT2D eigenvalue weighted by atomic mass is 35.5. The molecular formula is C25H31Cl2FN4O4S. The molecule has 1 fully saturated rings. The molecule has 1 aliphatic carbocycles. The van der Waals surface area contributed by atoms with E-state index in [1.807, 2.05) is 0 Å². The second-order valence-corrected chi connectivity index (χ2v) is 12.1. The van der Waals surface area contributed by atoms with Gasteiger partial charge in [0.2, 0.25) is 11.8 Å². The quantitative estimate of drug-likeness (QED) is 0.461. The fraction of sp³-hybridized carbons (Fsp3) is 0.440. The number of benzene rings is 2. The van der Waals surface area contributed by atoms with E-state index in [0.29, 0.717) is 14.9 Å². The number of amides is 2. The number of carbonyl (C=O) groups excluding carboxylic acids is 2. The lowest BCUT2D eigenvalue weighted by Crippen LogP contribution is -2.53. The van der Waals surface area contributed by atoms with E-state index < -0.39 is 34.5 Å². The molecule has 12 heteroatoms. The summed E-state index contributed by atoms with van der Waals surface area (Å²) >= 11 is 12.2. The molecule has 0 aliphatic heterocycles. The maximum Gasteiger partial charge on any atom is 0.304 e. The number of halogens is 3. The summed E-state index contributed by atoms with van der Waals surface area (Å²) in [4.78, 5) is 28.1. The number of para-hydroxylation sites is 1. The minimum atomic E-state index is -4.25. The van der Waals surface area contributed by atoms with E-state index in [1.54, 1.807) is 25.1 Å². The van der Waals surface area contributed by atoms with Crippen LogP contribution < -0.4 is 9.62 Å². The number of hydrogen-bond donors (Lipinski definition) is 1.